The third-order valence-corrected chi connectivity index (χ3v) is 4.89. The molecule has 1 fully saturated rings. The summed E-state index contributed by atoms with van der Waals surface area (Å²) < 4.78 is 0. The van der Waals surface area contributed by atoms with Crippen molar-refractivity contribution >= 4 is 27.3 Å². The molecule has 0 aliphatic heterocycles. The zero-order chi connectivity index (χ0) is 9.97. The zero-order valence-corrected chi connectivity index (χ0v) is 11.0. The molecule has 1 aliphatic rings. The predicted molar refractivity (Wildman–Crippen MR) is 67.6 cm³/mol. The van der Waals surface area contributed by atoms with E-state index in [1.807, 2.05) is 11.3 Å². The fraction of sp³-hybridized carbons (Fsp3) is 0.667. The highest BCUT2D eigenvalue weighted by atomic mass is 79.9. The van der Waals surface area contributed by atoms with Gasteiger partial charge in [-0.1, -0.05) is 28.8 Å². The molecule has 0 spiro atoms. The molecule has 2 heteroatoms. The minimum Gasteiger partial charge on any atom is -0.149 e. The molecule has 1 aromatic heterocycles. The lowest BCUT2D eigenvalue weighted by Gasteiger charge is -2.16. The highest BCUT2D eigenvalue weighted by molar-refractivity contribution is 9.09. The third-order valence-electron chi connectivity index (χ3n) is 3.20. The molecule has 2 rings (SSSR count). The Morgan fingerprint density at radius 2 is 2.14 bits per heavy atom. The standard InChI is InChI=1S/C12H17BrS/c1-9-12(6-7-14-9)10-4-2-3-5-11(13)8-10/h6-7,10-11H,2-5,8H2,1H3. The monoisotopic (exact) mass is 272 g/mol. The lowest BCUT2D eigenvalue weighted by atomic mass is 9.92. The molecular formula is C12H17BrS. The van der Waals surface area contributed by atoms with Gasteiger partial charge in [0, 0.05) is 9.70 Å². The molecule has 1 saturated carbocycles. The molecule has 1 aromatic rings. The topological polar surface area (TPSA) is 0 Å². The molecule has 0 amide bonds. The fourth-order valence-corrected chi connectivity index (χ4v) is 3.97. The summed E-state index contributed by atoms with van der Waals surface area (Å²) in [4.78, 5) is 2.27. The first-order valence-corrected chi connectivity index (χ1v) is 7.25. The lowest BCUT2D eigenvalue weighted by Crippen LogP contribution is -2.03. The number of alkyl halides is 1. The van der Waals surface area contributed by atoms with Gasteiger partial charge >= 0.3 is 0 Å². The van der Waals surface area contributed by atoms with E-state index < -0.39 is 0 Å². The van der Waals surface area contributed by atoms with E-state index in [0.717, 1.165) is 10.7 Å². The Bertz CT molecular complexity index is 292. The van der Waals surface area contributed by atoms with Crippen molar-refractivity contribution in [2.75, 3.05) is 0 Å². The van der Waals surface area contributed by atoms with Gasteiger partial charge in [0.2, 0.25) is 0 Å². The predicted octanol–water partition coefficient (Wildman–Crippen LogP) is 4.87. The van der Waals surface area contributed by atoms with Crippen molar-refractivity contribution in [2.24, 2.45) is 0 Å². The SMILES string of the molecule is Cc1sccc1C1CCCCC(Br)C1. The summed E-state index contributed by atoms with van der Waals surface area (Å²) in [5.41, 5.74) is 1.61. The van der Waals surface area contributed by atoms with Crippen molar-refractivity contribution in [3.05, 3.63) is 21.9 Å². The smallest absolute Gasteiger partial charge is 0.0151 e. The Hall–Kier alpha value is 0.180. The number of hydrogen-bond donors (Lipinski definition) is 0. The molecule has 1 heterocycles. The largest absolute Gasteiger partial charge is 0.149 e. The van der Waals surface area contributed by atoms with Gasteiger partial charge in [-0.05, 0) is 49.1 Å². The van der Waals surface area contributed by atoms with Gasteiger partial charge in [0.15, 0.2) is 0 Å². The Labute approximate surface area is 98.9 Å². The van der Waals surface area contributed by atoms with Crippen molar-refractivity contribution in [3.8, 4) is 0 Å². The first-order valence-electron chi connectivity index (χ1n) is 5.45. The van der Waals surface area contributed by atoms with Crippen LogP contribution in [0.4, 0.5) is 0 Å². The van der Waals surface area contributed by atoms with Gasteiger partial charge < -0.3 is 0 Å². The second kappa shape index (κ2) is 4.80. The van der Waals surface area contributed by atoms with Gasteiger partial charge in [0.1, 0.15) is 0 Å². The number of hydrogen-bond acceptors (Lipinski definition) is 1. The molecule has 0 bridgehead atoms. The van der Waals surface area contributed by atoms with Gasteiger partial charge in [0.05, 0.1) is 0 Å². The normalized spacial score (nSPS) is 28.7. The van der Waals surface area contributed by atoms with Crippen LogP contribution in [-0.4, -0.2) is 4.83 Å². The van der Waals surface area contributed by atoms with Crippen molar-refractivity contribution in [1.82, 2.24) is 0 Å². The number of halogens is 1. The summed E-state index contributed by atoms with van der Waals surface area (Å²) in [6, 6.07) is 2.33. The van der Waals surface area contributed by atoms with E-state index in [1.165, 1.54) is 37.0 Å². The summed E-state index contributed by atoms with van der Waals surface area (Å²) in [6.45, 7) is 2.26. The second-order valence-electron chi connectivity index (χ2n) is 4.25. The van der Waals surface area contributed by atoms with Crippen molar-refractivity contribution in [2.45, 2.75) is 49.8 Å². The molecule has 0 radical (unpaired) electrons. The van der Waals surface area contributed by atoms with Crippen LogP contribution < -0.4 is 0 Å². The van der Waals surface area contributed by atoms with E-state index in [2.05, 4.69) is 34.3 Å². The molecule has 78 valence electrons. The van der Waals surface area contributed by atoms with Crippen LogP contribution in [0.25, 0.3) is 0 Å². The zero-order valence-electron chi connectivity index (χ0n) is 8.63. The molecule has 0 N–H and O–H groups in total. The van der Waals surface area contributed by atoms with Crippen LogP contribution in [0.5, 0.6) is 0 Å². The van der Waals surface area contributed by atoms with Crippen molar-refractivity contribution in [1.29, 1.82) is 0 Å². The maximum Gasteiger partial charge on any atom is 0.0151 e. The first-order chi connectivity index (χ1) is 6.77. The third kappa shape index (κ3) is 2.40. The minimum absolute atomic E-state index is 0.745. The molecule has 0 aromatic carbocycles. The van der Waals surface area contributed by atoms with Gasteiger partial charge in [0.25, 0.3) is 0 Å². The van der Waals surface area contributed by atoms with Crippen LogP contribution in [0.3, 0.4) is 0 Å². The molecule has 1 aliphatic carbocycles. The maximum atomic E-state index is 3.79. The molecule has 0 saturated heterocycles. The Morgan fingerprint density at radius 3 is 2.86 bits per heavy atom. The maximum absolute atomic E-state index is 3.79. The Balaban J connectivity index is 2.13. The van der Waals surface area contributed by atoms with Crippen LogP contribution in [0.1, 0.15) is 48.5 Å². The van der Waals surface area contributed by atoms with Gasteiger partial charge in [-0.3, -0.25) is 0 Å². The first kappa shape index (κ1) is 10.7. The van der Waals surface area contributed by atoms with Crippen molar-refractivity contribution < 1.29 is 0 Å². The summed E-state index contributed by atoms with van der Waals surface area (Å²) >= 11 is 5.68. The number of aryl methyl sites for hydroxylation is 1. The van der Waals surface area contributed by atoms with Crippen LogP contribution in [0.15, 0.2) is 11.4 Å². The minimum atomic E-state index is 0.745. The van der Waals surface area contributed by atoms with Gasteiger partial charge in [-0.2, -0.15) is 0 Å². The summed E-state index contributed by atoms with van der Waals surface area (Å²) in [5, 5.41) is 2.23. The quantitative estimate of drug-likeness (QED) is 0.506. The molecule has 14 heavy (non-hydrogen) atoms. The van der Waals surface area contributed by atoms with E-state index in [-0.39, 0.29) is 0 Å². The highest BCUT2D eigenvalue weighted by Gasteiger charge is 2.21. The summed E-state index contributed by atoms with van der Waals surface area (Å²) in [7, 11) is 0. The van der Waals surface area contributed by atoms with E-state index in [4.69, 9.17) is 0 Å². The molecular weight excluding hydrogens is 256 g/mol. The van der Waals surface area contributed by atoms with Crippen LogP contribution in [0, 0.1) is 6.92 Å². The Kier molecular flexibility index (Phi) is 3.67. The molecule has 2 atom stereocenters. The fourth-order valence-electron chi connectivity index (χ4n) is 2.40. The van der Waals surface area contributed by atoms with E-state index in [0.29, 0.717) is 0 Å². The van der Waals surface area contributed by atoms with Crippen LogP contribution in [0.2, 0.25) is 0 Å². The van der Waals surface area contributed by atoms with Gasteiger partial charge in [-0.15, -0.1) is 11.3 Å². The van der Waals surface area contributed by atoms with E-state index in [9.17, 15) is 0 Å². The summed E-state index contributed by atoms with van der Waals surface area (Å²) in [5.74, 6) is 0.813. The highest BCUT2D eigenvalue weighted by Crippen LogP contribution is 2.37. The van der Waals surface area contributed by atoms with E-state index in [1.54, 1.807) is 5.56 Å². The second-order valence-corrected chi connectivity index (χ2v) is 6.66. The van der Waals surface area contributed by atoms with Crippen LogP contribution in [-0.2, 0) is 0 Å². The average Bonchev–Trinajstić information content (AvgIpc) is 2.45. The van der Waals surface area contributed by atoms with Crippen LogP contribution >= 0.6 is 27.3 Å². The van der Waals surface area contributed by atoms with E-state index >= 15 is 0 Å². The number of rotatable bonds is 1. The van der Waals surface area contributed by atoms with Gasteiger partial charge in [-0.25, -0.2) is 0 Å². The number of thiophene rings is 1. The lowest BCUT2D eigenvalue weighted by molar-refractivity contribution is 0.599. The van der Waals surface area contributed by atoms with Crippen molar-refractivity contribution in [3.63, 3.8) is 0 Å². The summed E-state index contributed by atoms with van der Waals surface area (Å²) in [6.07, 6.45) is 6.88. The molecule has 0 nitrogen and oxygen atoms in total. The average molecular weight is 273 g/mol. The Morgan fingerprint density at radius 1 is 1.36 bits per heavy atom. The molecule has 2 unspecified atom stereocenters.